The first-order valence-corrected chi connectivity index (χ1v) is 5.98. The van der Waals surface area contributed by atoms with Crippen LogP contribution in [0.15, 0.2) is 12.3 Å². The number of ether oxygens (including phenoxy) is 1. The van der Waals surface area contributed by atoms with Gasteiger partial charge < -0.3 is 9.64 Å². The molecule has 0 N–H and O–H groups in total. The largest absolute Gasteiger partial charge is 0.443 e. The molecule has 5 nitrogen and oxygen atoms in total. The SMILES string of the molecule is CN1CCc2ccn(C(=O)OC(C)(C)C)c2C1=O. The van der Waals surface area contributed by atoms with Crippen LogP contribution in [0.5, 0.6) is 0 Å². The monoisotopic (exact) mass is 250 g/mol. The van der Waals surface area contributed by atoms with Gasteiger partial charge in [-0.25, -0.2) is 9.36 Å². The van der Waals surface area contributed by atoms with Crippen LogP contribution < -0.4 is 0 Å². The van der Waals surface area contributed by atoms with E-state index in [-0.39, 0.29) is 5.91 Å². The van der Waals surface area contributed by atoms with E-state index < -0.39 is 11.7 Å². The Balaban J connectivity index is 2.34. The van der Waals surface area contributed by atoms with Crippen molar-refractivity contribution in [1.29, 1.82) is 0 Å². The Morgan fingerprint density at radius 1 is 1.39 bits per heavy atom. The van der Waals surface area contributed by atoms with Crippen LogP contribution in [0.25, 0.3) is 0 Å². The van der Waals surface area contributed by atoms with Gasteiger partial charge in [-0.05, 0) is 38.8 Å². The highest BCUT2D eigenvalue weighted by Gasteiger charge is 2.29. The van der Waals surface area contributed by atoms with E-state index in [1.54, 1.807) is 38.9 Å². The van der Waals surface area contributed by atoms with Crippen molar-refractivity contribution < 1.29 is 14.3 Å². The van der Waals surface area contributed by atoms with Crippen molar-refractivity contribution in [1.82, 2.24) is 9.47 Å². The smallest absolute Gasteiger partial charge is 0.419 e. The van der Waals surface area contributed by atoms with E-state index >= 15 is 0 Å². The van der Waals surface area contributed by atoms with Gasteiger partial charge in [0.2, 0.25) is 0 Å². The minimum Gasteiger partial charge on any atom is -0.443 e. The number of rotatable bonds is 0. The second-order valence-corrected chi connectivity index (χ2v) is 5.52. The molecule has 0 bridgehead atoms. The van der Waals surface area contributed by atoms with E-state index in [2.05, 4.69) is 0 Å². The van der Waals surface area contributed by atoms with Gasteiger partial charge in [0.25, 0.3) is 5.91 Å². The number of carbonyl (C=O) groups is 2. The maximum absolute atomic E-state index is 12.1. The number of nitrogens with zero attached hydrogens (tertiary/aromatic N) is 2. The summed E-state index contributed by atoms with van der Waals surface area (Å²) in [6, 6.07) is 1.81. The lowest BCUT2D eigenvalue weighted by atomic mass is 10.1. The molecule has 2 rings (SSSR count). The summed E-state index contributed by atoms with van der Waals surface area (Å²) >= 11 is 0. The lowest BCUT2D eigenvalue weighted by Gasteiger charge is -2.25. The molecule has 0 saturated carbocycles. The first-order chi connectivity index (χ1) is 8.29. The molecule has 0 unspecified atom stereocenters. The van der Waals surface area contributed by atoms with E-state index in [1.165, 1.54) is 4.57 Å². The third kappa shape index (κ3) is 2.25. The van der Waals surface area contributed by atoms with Gasteiger partial charge in [-0.2, -0.15) is 0 Å². The minimum absolute atomic E-state index is 0.132. The van der Waals surface area contributed by atoms with Crippen LogP contribution in [0.3, 0.4) is 0 Å². The van der Waals surface area contributed by atoms with Crippen molar-refractivity contribution in [2.24, 2.45) is 0 Å². The minimum atomic E-state index is -0.572. The maximum atomic E-state index is 12.1. The zero-order chi connectivity index (χ0) is 13.5. The molecule has 1 aliphatic heterocycles. The Bertz CT molecular complexity index is 497. The Hall–Kier alpha value is -1.78. The van der Waals surface area contributed by atoms with Crippen LogP contribution in [0.4, 0.5) is 4.79 Å². The van der Waals surface area contributed by atoms with Gasteiger partial charge in [-0.3, -0.25) is 4.79 Å². The molecular formula is C13H18N2O3. The highest BCUT2D eigenvalue weighted by Crippen LogP contribution is 2.20. The summed E-state index contributed by atoms with van der Waals surface area (Å²) in [5.74, 6) is -0.132. The third-order valence-corrected chi connectivity index (χ3v) is 2.83. The number of hydrogen-bond acceptors (Lipinski definition) is 3. The summed E-state index contributed by atoms with van der Waals surface area (Å²) in [7, 11) is 1.73. The van der Waals surface area contributed by atoms with Crippen LogP contribution in [0, 0.1) is 0 Å². The van der Waals surface area contributed by atoms with Gasteiger partial charge in [-0.1, -0.05) is 0 Å². The number of fused-ring (bicyclic) bond motifs is 1. The summed E-state index contributed by atoms with van der Waals surface area (Å²) in [6.45, 7) is 6.09. The standard InChI is InChI=1S/C13H18N2O3/c1-13(2,3)18-12(17)15-8-6-9-5-7-14(4)11(16)10(9)15/h6,8H,5,7H2,1-4H3. The molecule has 5 heteroatoms. The van der Waals surface area contributed by atoms with E-state index in [0.29, 0.717) is 12.2 Å². The molecule has 18 heavy (non-hydrogen) atoms. The predicted octanol–water partition coefficient (Wildman–Crippen LogP) is 1.90. The Labute approximate surface area is 106 Å². The molecule has 0 saturated heterocycles. The molecule has 98 valence electrons. The highest BCUT2D eigenvalue weighted by molar-refractivity contribution is 5.98. The average molecular weight is 250 g/mol. The van der Waals surface area contributed by atoms with Crippen molar-refractivity contribution in [3.63, 3.8) is 0 Å². The normalized spacial score (nSPS) is 15.6. The topological polar surface area (TPSA) is 51.5 Å². The van der Waals surface area contributed by atoms with Crippen LogP contribution in [-0.2, 0) is 11.2 Å². The maximum Gasteiger partial charge on any atom is 0.419 e. The molecular weight excluding hydrogens is 232 g/mol. The van der Waals surface area contributed by atoms with Crippen LogP contribution in [-0.4, -0.2) is 40.7 Å². The molecule has 1 aromatic heterocycles. The summed E-state index contributed by atoms with van der Waals surface area (Å²) in [4.78, 5) is 25.7. The van der Waals surface area contributed by atoms with E-state index in [9.17, 15) is 9.59 Å². The molecule has 0 radical (unpaired) electrons. The second-order valence-electron chi connectivity index (χ2n) is 5.52. The lowest BCUT2D eigenvalue weighted by molar-refractivity contribution is 0.0515. The summed E-state index contributed by atoms with van der Waals surface area (Å²) in [5.41, 5.74) is 0.764. The fourth-order valence-corrected chi connectivity index (χ4v) is 1.95. The quantitative estimate of drug-likeness (QED) is 0.706. The van der Waals surface area contributed by atoms with Crippen molar-refractivity contribution in [3.8, 4) is 0 Å². The van der Waals surface area contributed by atoms with Gasteiger partial charge in [0.05, 0.1) is 0 Å². The average Bonchev–Trinajstić information content (AvgIpc) is 2.65. The van der Waals surface area contributed by atoms with Crippen molar-refractivity contribution in [2.45, 2.75) is 32.8 Å². The van der Waals surface area contributed by atoms with E-state index in [4.69, 9.17) is 4.74 Å². The Kier molecular flexibility index (Phi) is 2.92. The molecule has 1 amide bonds. The predicted molar refractivity (Wildman–Crippen MR) is 66.7 cm³/mol. The Morgan fingerprint density at radius 3 is 2.67 bits per heavy atom. The Morgan fingerprint density at radius 2 is 2.06 bits per heavy atom. The zero-order valence-electron chi connectivity index (χ0n) is 11.2. The number of amides is 1. The summed E-state index contributed by atoms with van der Waals surface area (Å²) in [5, 5.41) is 0. The van der Waals surface area contributed by atoms with Crippen LogP contribution in [0.1, 0.15) is 36.8 Å². The molecule has 1 aromatic rings. The van der Waals surface area contributed by atoms with Gasteiger partial charge >= 0.3 is 6.09 Å². The van der Waals surface area contributed by atoms with Gasteiger partial charge in [0.1, 0.15) is 11.3 Å². The summed E-state index contributed by atoms with van der Waals surface area (Å²) in [6.07, 6.45) is 1.87. The van der Waals surface area contributed by atoms with Crippen molar-refractivity contribution in [2.75, 3.05) is 13.6 Å². The molecule has 2 heterocycles. The number of likely N-dealkylation sites (N-methyl/N-ethyl adjacent to an activating group) is 1. The summed E-state index contributed by atoms with van der Waals surface area (Å²) < 4.78 is 6.59. The van der Waals surface area contributed by atoms with Gasteiger partial charge in [0, 0.05) is 19.8 Å². The number of hydrogen-bond donors (Lipinski definition) is 0. The molecule has 0 atom stereocenters. The second kappa shape index (κ2) is 4.15. The van der Waals surface area contributed by atoms with Gasteiger partial charge in [0.15, 0.2) is 0 Å². The van der Waals surface area contributed by atoms with Gasteiger partial charge in [-0.15, -0.1) is 0 Å². The molecule has 0 aliphatic carbocycles. The zero-order valence-corrected chi connectivity index (χ0v) is 11.2. The number of aromatic nitrogens is 1. The molecule has 0 aromatic carbocycles. The van der Waals surface area contributed by atoms with Crippen molar-refractivity contribution >= 4 is 12.0 Å². The van der Waals surface area contributed by atoms with E-state index in [1.807, 2.05) is 6.07 Å². The third-order valence-electron chi connectivity index (χ3n) is 2.83. The van der Waals surface area contributed by atoms with Crippen molar-refractivity contribution in [3.05, 3.63) is 23.5 Å². The lowest BCUT2D eigenvalue weighted by Crippen LogP contribution is -2.37. The molecule has 0 spiro atoms. The fraction of sp³-hybridized carbons (Fsp3) is 0.538. The molecule has 1 aliphatic rings. The van der Waals surface area contributed by atoms with Crippen LogP contribution in [0.2, 0.25) is 0 Å². The number of carbonyl (C=O) groups excluding carboxylic acids is 2. The first kappa shape index (κ1) is 12.7. The molecule has 0 fully saturated rings. The first-order valence-electron chi connectivity index (χ1n) is 5.98. The fourth-order valence-electron chi connectivity index (χ4n) is 1.95. The highest BCUT2D eigenvalue weighted by atomic mass is 16.6. The van der Waals surface area contributed by atoms with Crippen LogP contribution >= 0.6 is 0 Å². The van der Waals surface area contributed by atoms with E-state index in [0.717, 1.165) is 12.0 Å².